The molecule has 2 aliphatic carbocycles. The van der Waals surface area contributed by atoms with Gasteiger partial charge in [0, 0.05) is 22.8 Å². The number of furan rings is 2. The Kier molecular flexibility index (Phi) is 6.36. The third-order valence-corrected chi connectivity index (χ3v) is 10.5. The predicted octanol–water partition coefficient (Wildman–Crippen LogP) is 8.52. The maximum absolute atomic E-state index is 13.5. The lowest BCUT2D eigenvalue weighted by atomic mass is 9.70. The Bertz CT molecular complexity index is 1500. The van der Waals surface area contributed by atoms with E-state index in [1.807, 2.05) is 24.3 Å². The molecule has 3 aromatic rings. The van der Waals surface area contributed by atoms with Gasteiger partial charge in [0.05, 0.1) is 27.8 Å². The second kappa shape index (κ2) is 9.47. The van der Waals surface area contributed by atoms with Gasteiger partial charge in [0.25, 0.3) is 5.91 Å². The number of halogens is 2. The van der Waals surface area contributed by atoms with Gasteiger partial charge in [-0.05, 0) is 78.8 Å². The summed E-state index contributed by atoms with van der Waals surface area (Å²) in [6.07, 6.45) is 6.64. The lowest BCUT2D eigenvalue weighted by molar-refractivity contribution is -0.122. The van der Waals surface area contributed by atoms with Gasteiger partial charge in [0.1, 0.15) is 17.3 Å². The molecule has 2 saturated carbocycles. The number of rotatable bonds is 5. The number of amides is 1. The van der Waals surface area contributed by atoms with Crippen LogP contribution in [0.5, 0.6) is 0 Å². The molecule has 6 rings (SSSR count). The SMILES string of the molecule is CC12CCC(CC1=NN=C1SC(=Cc3ccc(-c4cccc(Cl)c4Cl)o3)C(=O)N1Cc1ccco1)C2(C)C. The average molecular weight is 569 g/mol. The Morgan fingerprint density at radius 3 is 2.68 bits per heavy atom. The van der Waals surface area contributed by atoms with E-state index in [1.54, 1.807) is 35.4 Å². The minimum absolute atomic E-state index is 0.0334. The fraction of sp³-hybridized carbons (Fsp3) is 0.345. The topological polar surface area (TPSA) is 71.3 Å². The van der Waals surface area contributed by atoms with Crippen LogP contribution >= 0.6 is 35.0 Å². The summed E-state index contributed by atoms with van der Waals surface area (Å²) in [5.41, 5.74) is 2.05. The fourth-order valence-corrected chi connectivity index (χ4v) is 7.16. The van der Waals surface area contributed by atoms with Crippen LogP contribution in [0.4, 0.5) is 0 Å². The van der Waals surface area contributed by atoms with Crippen LogP contribution in [0.2, 0.25) is 10.0 Å². The zero-order valence-electron chi connectivity index (χ0n) is 21.3. The number of hydrogen-bond donors (Lipinski definition) is 0. The normalized spacial score (nSPS) is 27.5. The highest BCUT2D eigenvalue weighted by atomic mass is 35.5. The first-order valence-corrected chi connectivity index (χ1v) is 14.2. The van der Waals surface area contributed by atoms with E-state index in [0.717, 1.165) is 18.6 Å². The summed E-state index contributed by atoms with van der Waals surface area (Å²) in [7, 11) is 0. The van der Waals surface area contributed by atoms with Crippen LogP contribution in [0.25, 0.3) is 17.4 Å². The quantitative estimate of drug-likeness (QED) is 0.229. The minimum atomic E-state index is -0.177. The van der Waals surface area contributed by atoms with Gasteiger partial charge in [-0.1, -0.05) is 50.0 Å². The number of benzene rings is 1. The van der Waals surface area contributed by atoms with Crippen molar-refractivity contribution in [3.8, 4) is 11.3 Å². The molecule has 6 nitrogen and oxygen atoms in total. The lowest BCUT2D eigenvalue weighted by Crippen LogP contribution is -2.32. The third-order valence-electron chi connectivity index (χ3n) is 8.67. The monoisotopic (exact) mass is 567 g/mol. The summed E-state index contributed by atoms with van der Waals surface area (Å²) in [6, 6.07) is 12.6. The van der Waals surface area contributed by atoms with Crippen LogP contribution in [-0.4, -0.2) is 21.7 Å². The number of hydrogen-bond acceptors (Lipinski definition) is 6. The van der Waals surface area contributed by atoms with E-state index in [0.29, 0.717) is 48.9 Å². The van der Waals surface area contributed by atoms with Crippen molar-refractivity contribution in [2.45, 2.75) is 46.6 Å². The molecular weight excluding hydrogens is 541 g/mol. The molecule has 1 saturated heterocycles. The van der Waals surface area contributed by atoms with Gasteiger partial charge in [0.15, 0.2) is 5.17 Å². The maximum atomic E-state index is 13.5. The minimum Gasteiger partial charge on any atom is -0.467 e. The van der Waals surface area contributed by atoms with E-state index < -0.39 is 0 Å². The van der Waals surface area contributed by atoms with Gasteiger partial charge < -0.3 is 8.83 Å². The molecule has 2 unspecified atom stereocenters. The number of carbonyl (C=O) groups is 1. The second-order valence-corrected chi connectivity index (χ2v) is 12.6. The van der Waals surface area contributed by atoms with Crippen LogP contribution in [0, 0.1) is 16.7 Å². The van der Waals surface area contributed by atoms with Crippen molar-refractivity contribution in [2.24, 2.45) is 27.0 Å². The third kappa shape index (κ3) is 4.16. The molecule has 0 spiro atoms. The molecule has 0 radical (unpaired) electrons. The molecule has 2 aromatic heterocycles. The van der Waals surface area contributed by atoms with Gasteiger partial charge in [-0.25, -0.2) is 0 Å². The van der Waals surface area contributed by atoms with Gasteiger partial charge in [-0.3, -0.25) is 9.69 Å². The smallest absolute Gasteiger partial charge is 0.267 e. The highest BCUT2D eigenvalue weighted by Gasteiger charge is 2.60. The molecule has 2 atom stereocenters. The number of fused-ring (bicyclic) bond motifs is 2. The standard InChI is InChI=1S/C29H27Cl2N3O3S/c1-28(2)17-11-12-29(28,3)24(14-17)32-33-27-34(16-19-6-5-13-36-19)26(35)23(38-27)15-18-9-10-22(37-18)20-7-4-8-21(30)25(20)31/h4-10,13,15,17H,11-12,14,16H2,1-3H3. The van der Waals surface area contributed by atoms with Crippen LogP contribution in [0.3, 0.4) is 0 Å². The zero-order valence-corrected chi connectivity index (χ0v) is 23.7. The number of amidine groups is 1. The zero-order chi connectivity index (χ0) is 26.7. The van der Waals surface area contributed by atoms with E-state index >= 15 is 0 Å². The average Bonchev–Trinajstić information content (AvgIpc) is 3.69. The van der Waals surface area contributed by atoms with Gasteiger partial charge in [-0.15, -0.1) is 5.10 Å². The van der Waals surface area contributed by atoms with E-state index in [9.17, 15) is 4.79 Å². The molecular formula is C29H27Cl2N3O3S. The van der Waals surface area contributed by atoms with Crippen LogP contribution in [-0.2, 0) is 11.3 Å². The Balaban J connectivity index is 1.31. The Hall–Kier alpha value is -2.74. The second-order valence-electron chi connectivity index (χ2n) is 10.8. The van der Waals surface area contributed by atoms with Crippen molar-refractivity contribution >= 4 is 57.8 Å². The largest absolute Gasteiger partial charge is 0.467 e. The van der Waals surface area contributed by atoms with E-state index in [1.165, 1.54) is 18.2 Å². The molecule has 3 aliphatic rings. The lowest BCUT2D eigenvalue weighted by Gasteiger charge is -2.34. The summed E-state index contributed by atoms with van der Waals surface area (Å²) in [4.78, 5) is 15.6. The first-order valence-electron chi connectivity index (χ1n) is 12.6. The first kappa shape index (κ1) is 25.5. The molecule has 196 valence electrons. The molecule has 2 bridgehead atoms. The van der Waals surface area contributed by atoms with E-state index in [4.69, 9.17) is 37.1 Å². The van der Waals surface area contributed by atoms with E-state index in [2.05, 4.69) is 25.9 Å². The fourth-order valence-electron chi connectivity index (χ4n) is 5.86. The number of nitrogens with zero attached hydrogens (tertiary/aromatic N) is 3. The summed E-state index contributed by atoms with van der Waals surface area (Å²) in [6.45, 7) is 7.25. The molecule has 3 heterocycles. The Labute approximate surface area is 235 Å². The number of carbonyl (C=O) groups excluding carboxylic acids is 1. The Morgan fingerprint density at radius 1 is 1.13 bits per heavy atom. The van der Waals surface area contributed by atoms with Crippen molar-refractivity contribution < 1.29 is 13.6 Å². The highest BCUT2D eigenvalue weighted by molar-refractivity contribution is 8.18. The van der Waals surface area contributed by atoms with Gasteiger partial charge in [0.2, 0.25) is 0 Å². The van der Waals surface area contributed by atoms with Crippen molar-refractivity contribution in [3.63, 3.8) is 0 Å². The van der Waals surface area contributed by atoms with Crippen molar-refractivity contribution in [2.75, 3.05) is 0 Å². The van der Waals surface area contributed by atoms with Crippen LogP contribution < -0.4 is 0 Å². The van der Waals surface area contributed by atoms with Crippen molar-refractivity contribution in [1.29, 1.82) is 0 Å². The van der Waals surface area contributed by atoms with Gasteiger partial charge >= 0.3 is 0 Å². The van der Waals surface area contributed by atoms with Crippen LogP contribution in [0.15, 0.2) is 72.7 Å². The van der Waals surface area contributed by atoms with Crippen LogP contribution in [0.1, 0.15) is 51.6 Å². The first-order chi connectivity index (χ1) is 18.2. The molecule has 3 fully saturated rings. The molecule has 9 heteroatoms. The molecule has 1 aromatic carbocycles. The molecule has 0 N–H and O–H groups in total. The molecule has 1 amide bonds. The van der Waals surface area contributed by atoms with Crippen molar-refractivity contribution in [3.05, 3.63) is 75.2 Å². The number of thioether (sulfide) groups is 1. The maximum Gasteiger partial charge on any atom is 0.267 e. The summed E-state index contributed by atoms with van der Waals surface area (Å²) >= 11 is 13.8. The van der Waals surface area contributed by atoms with E-state index in [-0.39, 0.29) is 23.3 Å². The summed E-state index contributed by atoms with van der Waals surface area (Å²) < 4.78 is 11.5. The predicted molar refractivity (Wildman–Crippen MR) is 153 cm³/mol. The molecule has 38 heavy (non-hydrogen) atoms. The Morgan fingerprint density at radius 2 is 1.97 bits per heavy atom. The highest BCUT2D eigenvalue weighted by Crippen LogP contribution is 2.64. The summed E-state index contributed by atoms with van der Waals surface area (Å²) in [5, 5.41) is 10.8. The summed E-state index contributed by atoms with van der Waals surface area (Å²) in [5.74, 6) is 2.22. The van der Waals surface area contributed by atoms with Gasteiger partial charge in [-0.2, -0.15) is 5.10 Å². The molecule has 1 aliphatic heterocycles. The van der Waals surface area contributed by atoms with Crippen molar-refractivity contribution in [1.82, 2.24) is 4.90 Å².